The van der Waals surface area contributed by atoms with Crippen LogP contribution in [0.15, 0.2) is 53.3 Å². The van der Waals surface area contributed by atoms with Crippen LogP contribution in [0, 0.1) is 0 Å². The smallest absolute Gasteiger partial charge is 0.338 e. The fourth-order valence-electron chi connectivity index (χ4n) is 2.18. The van der Waals surface area contributed by atoms with Crippen LogP contribution in [0.3, 0.4) is 0 Å². The van der Waals surface area contributed by atoms with Gasteiger partial charge in [-0.1, -0.05) is 0 Å². The van der Waals surface area contributed by atoms with E-state index in [9.17, 15) is 4.79 Å². The Morgan fingerprint density at radius 1 is 1.29 bits per heavy atom. The number of rotatable bonds is 3. The second-order valence-electron chi connectivity index (χ2n) is 4.52. The van der Waals surface area contributed by atoms with Crippen molar-refractivity contribution in [3.63, 3.8) is 0 Å². The second kappa shape index (κ2) is 5.69. The van der Waals surface area contributed by atoms with Crippen molar-refractivity contribution in [1.29, 1.82) is 0 Å². The molecule has 5 heteroatoms. The molecule has 0 saturated heterocycles. The Hall–Kier alpha value is -2.14. The molecule has 4 nitrogen and oxygen atoms in total. The lowest BCUT2D eigenvalue weighted by molar-refractivity contribution is 0.0526. The third-order valence-electron chi connectivity index (χ3n) is 3.15. The second-order valence-corrected chi connectivity index (χ2v) is 5.44. The molecule has 0 bridgehead atoms. The van der Waals surface area contributed by atoms with Gasteiger partial charge in [-0.25, -0.2) is 9.78 Å². The van der Waals surface area contributed by atoms with Crippen molar-refractivity contribution in [3.8, 4) is 5.69 Å². The first-order chi connectivity index (χ1) is 10.2. The molecule has 0 saturated carbocycles. The maximum Gasteiger partial charge on any atom is 0.338 e. The van der Waals surface area contributed by atoms with Crippen LogP contribution in [0.4, 0.5) is 0 Å². The molecule has 0 aliphatic rings. The van der Waals surface area contributed by atoms with Crippen molar-refractivity contribution in [2.24, 2.45) is 0 Å². The lowest BCUT2D eigenvalue weighted by Gasteiger charge is -2.06. The Balaban J connectivity index is 1.97. The summed E-state index contributed by atoms with van der Waals surface area (Å²) >= 11 is 3.41. The zero-order valence-electron chi connectivity index (χ0n) is 11.4. The monoisotopic (exact) mass is 344 g/mol. The number of aromatic nitrogens is 2. The molecule has 106 valence electrons. The fourth-order valence-corrected chi connectivity index (χ4v) is 2.53. The van der Waals surface area contributed by atoms with Gasteiger partial charge in [0.2, 0.25) is 0 Å². The Labute approximate surface area is 130 Å². The summed E-state index contributed by atoms with van der Waals surface area (Å²) in [5, 5.41) is 1.05. The maximum absolute atomic E-state index is 11.6. The Morgan fingerprint density at radius 2 is 2.05 bits per heavy atom. The predicted molar refractivity (Wildman–Crippen MR) is 84.7 cm³/mol. The van der Waals surface area contributed by atoms with Crippen molar-refractivity contribution in [2.45, 2.75) is 6.92 Å². The number of esters is 1. The van der Waals surface area contributed by atoms with Gasteiger partial charge in [-0.3, -0.25) is 0 Å². The number of carbonyl (C=O) groups excluding carboxylic acids is 1. The molecule has 0 unspecified atom stereocenters. The molecule has 0 amide bonds. The van der Waals surface area contributed by atoms with E-state index in [-0.39, 0.29) is 5.97 Å². The molecule has 3 aromatic rings. The number of hydrogen-bond acceptors (Lipinski definition) is 3. The SMILES string of the molecule is CCOC(=O)c1ccc(-n2ccc3cc(Br)cnc32)cc1. The first-order valence-electron chi connectivity index (χ1n) is 6.59. The first-order valence-corrected chi connectivity index (χ1v) is 7.38. The summed E-state index contributed by atoms with van der Waals surface area (Å²) in [6, 6.07) is 11.3. The number of hydrogen-bond donors (Lipinski definition) is 0. The number of pyridine rings is 1. The van der Waals surface area contributed by atoms with Gasteiger partial charge in [0, 0.05) is 27.9 Å². The highest BCUT2D eigenvalue weighted by Crippen LogP contribution is 2.22. The normalized spacial score (nSPS) is 10.8. The van der Waals surface area contributed by atoms with Crippen molar-refractivity contribution in [3.05, 3.63) is 58.8 Å². The molecule has 0 atom stereocenters. The van der Waals surface area contributed by atoms with E-state index < -0.39 is 0 Å². The zero-order chi connectivity index (χ0) is 14.8. The minimum Gasteiger partial charge on any atom is -0.462 e. The van der Waals surface area contributed by atoms with E-state index >= 15 is 0 Å². The molecule has 0 fully saturated rings. The number of ether oxygens (including phenoxy) is 1. The van der Waals surface area contributed by atoms with E-state index in [1.165, 1.54) is 0 Å². The van der Waals surface area contributed by atoms with Crippen LogP contribution in [-0.2, 0) is 4.74 Å². The summed E-state index contributed by atoms with van der Waals surface area (Å²) in [6.45, 7) is 2.17. The van der Waals surface area contributed by atoms with Gasteiger partial charge in [0.05, 0.1) is 12.2 Å². The largest absolute Gasteiger partial charge is 0.462 e. The van der Waals surface area contributed by atoms with E-state index in [1.807, 2.05) is 35.0 Å². The number of carbonyl (C=O) groups is 1. The molecule has 2 heterocycles. The zero-order valence-corrected chi connectivity index (χ0v) is 13.0. The van der Waals surface area contributed by atoms with E-state index in [2.05, 4.69) is 20.9 Å². The van der Waals surface area contributed by atoms with Gasteiger partial charge in [0.15, 0.2) is 0 Å². The minimum atomic E-state index is -0.302. The van der Waals surface area contributed by atoms with E-state index in [4.69, 9.17) is 4.74 Å². The minimum absolute atomic E-state index is 0.302. The Bertz CT molecular complexity index is 794. The highest BCUT2D eigenvalue weighted by atomic mass is 79.9. The molecule has 0 aliphatic heterocycles. The van der Waals surface area contributed by atoms with E-state index in [0.29, 0.717) is 12.2 Å². The molecule has 0 N–H and O–H groups in total. The summed E-state index contributed by atoms with van der Waals surface area (Å²) in [7, 11) is 0. The molecule has 0 aliphatic carbocycles. The maximum atomic E-state index is 11.6. The summed E-state index contributed by atoms with van der Waals surface area (Å²) in [5.74, 6) is -0.302. The van der Waals surface area contributed by atoms with Crippen LogP contribution in [0.1, 0.15) is 17.3 Å². The van der Waals surface area contributed by atoms with Crippen LogP contribution < -0.4 is 0 Å². The molecule has 0 spiro atoms. The molecule has 3 rings (SSSR count). The number of halogens is 1. The average molecular weight is 345 g/mol. The summed E-state index contributed by atoms with van der Waals surface area (Å²) in [4.78, 5) is 16.1. The van der Waals surface area contributed by atoms with Crippen molar-refractivity contribution in [2.75, 3.05) is 6.61 Å². The molecule has 21 heavy (non-hydrogen) atoms. The highest BCUT2D eigenvalue weighted by molar-refractivity contribution is 9.10. The lowest BCUT2D eigenvalue weighted by Crippen LogP contribution is -2.04. The van der Waals surface area contributed by atoms with Gasteiger partial charge >= 0.3 is 5.97 Å². The summed E-state index contributed by atoms with van der Waals surface area (Å²) in [5.41, 5.74) is 2.38. The van der Waals surface area contributed by atoms with Gasteiger partial charge in [0.25, 0.3) is 0 Å². The number of nitrogens with zero attached hydrogens (tertiary/aromatic N) is 2. The van der Waals surface area contributed by atoms with E-state index in [1.54, 1.807) is 25.3 Å². The van der Waals surface area contributed by atoms with Gasteiger partial charge in [0.1, 0.15) is 5.65 Å². The first kappa shape index (κ1) is 13.8. The van der Waals surface area contributed by atoms with Crippen LogP contribution >= 0.6 is 15.9 Å². The van der Waals surface area contributed by atoms with Gasteiger partial charge < -0.3 is 9.30 Å². The van der Waals surface area contributed by atoms with Gasteiger partial charge in [-0.15, -0.1) is 0 Å². The molecule has 2 aromatic heterocycles. The quantitative estimate of drug-likeness (QED) is 0.675. The predicted octanol–water partition coefficient (Wildman–Crippen LogP) is 3.96. The molecule has 1 aromatic carbocycles. The van der Waals surface area contributed by atoms with Gasteiger partial charge in [-0.2, -0.15) is 0 Å². The average Bonchev–Trinajstić information content (AvgIpc) is 2.90. The van der Waals surface area contributed by atoms with Crippen molar-refractivity contribution >= 4 is 32.9 Å². The Morgan fingerprint density at radius 3 is 2.76 bits per heavy atom. The van der Waals surface area contributed by atoms with Gasteiger partial charge in [-0.05, 0) is 59.3 Å². The van der Waals surface area contributed by atoms with E-state index in [0.717, 1.165) is 21.2 Å². The molecular weight excluding hydrogens is 332 g/mol. The third kappa shape index (κ3) is 2.69. The summed E-state index contributed by atoms with van der Waals surface area (Å²) in [6.07, 6.45) is 3.73. The third-order valence-corrected chi connectivity index (χ3v) is 3.58. The Kier molecular flexibility index (Phi) is 3.75. The number of benzene rings is 1. The number of fused-ring (bicyclic) bond motifs is 1. The van der Waals surface area contributed by atoms with Crippen molar-refractivity contribution < 1.29 is 9.53 Å². The topological polar surface area (TPSA) is 44.1 Å². The summed E-state index contributed by atoms with van der Waals surface area (Å²) < 4.78 is 7.91. The molecule has 0 radical (unpaired) electrons. The van der Waals surface area contributed by atoms with Crippen LogP contribution in [0.25, 0.3) is 16.7 Å². The lowest BCUT2D eigenvalue weighted by atomic mass is 10.2. The standard InChI is InChI=1S/C16H13BrN2O2/c1-2-21-16(20)11-3-5-14(6-4-11)19-8-7-12-9-13(17)10-18-15(12)19/h3-10H,2H2,1H3. The van der Waals surface area contributed by atoms with Crippen LogP contribution in [0.5, 0.6) is 0 Å². The molecular formula is C16H13BrN2O2. The van der Waals surface area contributed by atoms with Crippen molar-refractivity contribution in [1.82, 2.24) is 9.55 Å². The highest BCUT2D eigenvalue weighted by Gasteiger charge is 2.08. The van der Waals surface area contributed by atoms with Crippen LogP contribution in [-0.4, -0.2) is 22.1 Å². The fraction of sp³-hybridized carbons (Fsp3) is 0.125. The van der Waals surface area contributed by atoms with Crippen LogP contribution in [0.2, 0.25) is 0 Å².